The van der Waals surface area contributed by atoms with E-state index in [9.17, 15) is 17.8 Å². The van der Waals surface area contributed by atoms with Gasteiger partial charge in [-0.15, -0.1) is 0 Å². The Labute approximate surface area is 202 Å². The van der Waals surface area contributed by atoms with Gasteiger partial charge in [-0.05, 0) is 19.3 Å². The van der Waals surface area contributed by atoms with Gasteiger partial charge in [-0.3, -0.25) is 14.0 Å². The summed E-state index contributed by atoms with van der Waals surface area (Å²) in [4.78, 5) is 14.9. The van der Waals surface area contributed by atoms with Crippen LogP contribution in [0.1, 0.15) is 117 Å². The van der Waals surface area contributed by atoms with Crippen LogP contribution >= 0.6 is 0 Å². The van der Waals surface area contributed by atoms with Gasteiger partial charge in [-0.25, -0.2) is 13.0 Å². The Balaban J connectivity index is 0.00000126. The first-order valence-electron chi connectivity index (χ1n) is 12.9. The summed E-state index contributed by atoms with van der Waals surface area (Å²) in [5.74, 6) is 1.28. The van der Waals surface area contributed by atoms with Crippen LogP contribution in [0.4, 0.5) is 0 Å². The molecule has 0 amide bonds. The summed E-state index contributed by atoms with van der Waals surface area (Å²) in [6, 6.07) is 0. The number of ketones is 1. The van der Waals surface area contributed by atoms with Crippen molar-refractivity contribution in [3.05, 3.63) is 18.7 Å². The first-order chi connectivity index (χ1) is 15.7. The Morgan fingerprint density at radius 1 is 0.909 bits per heavy atom. The molecule has 7 nitrogen and oxygen atoms in total. The summed E-state index contributed by atoms with van der Waals surface area (Å²) in [5, 5.41) is 0. The maximum Gasteiger partial charge on any atom is 0.241 e. The lowest BCUT2D eigenvalue weighted by molar-refractivity contribution is -0.694. The van der Waals surface area contributed by atoms with Crippen molar-refractivity contribution >= 4 is 16.2 Å². The van der Waals surface area contributed by atoms with Crippen LogP contribution in [-0.4, -0.2) is 30.3 Å². The zero-order valence-corrected chi connectivity index (χ0v) is 22.0. The molecule has 8 heteroatoms. The van der Waals surface area contributed by atoms with Gasteiger partial charge in [0.1, 0.15) is 18.2 Å². The third-order valence-electron chi connectivity index (χ3n) is 5.50. The van der Waals surface area contributed by atoms with Gasteiger partial charge in [-0.2, -0.15) is 0 Å². The molecule has 0 atom stereocenters. The van der Waals surface area contributed by atoms with Crippen molar-refractivity contribution in [3.8, 4) is 0 Å². The molecule has 0 aliphatic rings. The number of imidazole rings is 1. The molecule has 0 aromatic carbocycles. The van der Waals surface area contributed by atoms with Crippen LogP contribution in [0.3, 0.4) is 0 Å². The number of unbranched alkanes of at least 4 members (excludes halogenated alkanes) is 11. The van der Waals surface area contributed by atoms with Gasteiger partial charge in [0.25, 0.3) is 0 Å². The number of nitrogens with zero attached hydrogens (tertiary/aromatic N) is 1. The monoisotopic (exact) mass is 488 g/mol. The molecule has 0 aliphatic carbocycles. The van der Waals surface area contributed by atoms with Crippen LogP contribution in [0.15, 0.2) is 18.7 Å². The fourth-order valence-corrected chi connectivity index (χ4v) is 3.91. The number of aryl methyl sites for hydroxylation is 1. The number of carbonyl (C=O) groups excluding carboxylic acids is 1. The Morgan fingerprint density at radius 3 is 1.82 bits per heavy atom. The van der Waals surface area contributed by atoms with Crippen molar-refractivity contribution in [1.29, 1.82) is 0 Å². The van der Waals surface area contributed by atoms with Gasteiger partial charge in [0.05, 0.1) is 13.2 Å². The second kappa shape index (κ2) is 21.3. The zero-order chi connectivity index (χ0) is 24.8. The first-order valence-corrected chi connectivity index (χ1v) is 14.2. The highest BCUT2D eigenvalue weighted by molar-refractivity contribution is 7.80. The van der Waals surface area contributed by atoms with E-state index in [1.165, 1.54) is 84.0 Å². The van der Waals surface area contributed by atoms with Crippen LogP contribution < -0.4 is 4.57 Å². The van der Waals surface area contributed by atoms with E-state index >= 15 is 0 Å². The normalized spacial score (nSPS) is 11.4. The molecule has 0 aliphatic heterocycles. The van der Waals surface area contributed by atoms with E-state index in [1.807, 2.05) is 23.3 Å². The minimum Gasteiger partial charge on any atom is -0.726 e. The number of rotatable bonds is 20. The zero-order valence-electron chi connectivity index (χ0n) is 21.2. The summed E-state index contributed by atoms with van der Waals surface area (Å²) in [5.41, 5.74) is 0. The van der Waals surface area contributed by atoms with Crippen molar-refractivity contribution in [1.82, 2.24) is 4.98 Å². The van der Waals surface area contributed by atoms with Crippen molar-refractivity contribution in [2.75, 3.05) is 6.61 Å². The molecule has 1 N–H and O–H groups in total. The van der Waals surface area contributed by atoms with E-state index in [2.05, 4.69) is 23.0 Å². The fourth-order valence-electron chi connectivity index (χ4n) is 3.63. The third-order valence-corrected chi connectivity index (χ3v) is 6.03. The van der Waals surface area contributed by atoms with Gasteiger partial charge in [-0.1, -0.05) is 90.9 Å². The van der Waals surface area contributed by atoms with E-state index in [-0.39, 0.29) is 6.61 Å². The summed E-state index contributed by atoms with van der Waals surface area (Å²) in [7, 11) is -4.42. The molecule has 0 radical (unpaired) electrons. The number of Topliss-reactive ketones (excluding diaryl/α,β-unsaturated/α-hetero) is 1. The van der Waals surface area contributed by atoms with Crippen molar-refractivity contribution in [3.63, 3.8) is 0 Å². The smallest absolute Gasteiger partial charge is 0.241 e. The maximum absolute atomic E-state index is 11.8. The SMILES string of the molecule is CC(C)CCCCCCCCCCCCCCC(=O)CC[n+]1cc[nH]c1.CCOS(=O)(=O)[O-]. The van der Waals surface area contributed by atoms with Crippen molar-refractivity contribution in [2.24, 2.45) is 5.92 Å². The molecule has 0 spiro atoms. The number of carbonyl (C=O) groups is 1. The van der Waals surface area contributed by atoms with E-state index in [0.717, 1.165) is 25.3 Å². The van der Waals surface area contributed by atoms with Crippen molar-refractivity contribution < 1.29 is 26.5 Å². The summed E-state index contributed by atoms with van der Waals surface area (Å²) in [6.07, 6.45) is 24.9. The predicted molar refractivity (Wildman–Crippen MR) is 131 cm³/mol. The lowest BCUT2D eigenvalue weighted by Gasteiger charge is -2.05. The van der Waals surface area contributed by atoms with E-state index < -0.39 is 10.4 Å². The molecular weight excluding hydrogens is 440 g/mol. The Hall–Kier alpha value is -1.25. The first kappa shape index (κ1) is 31.8. The number of aromatic nitrogens is 2. The molecule has 0 saturated carbocycles. The molecule has 0 fully saturated rings. The lowest BCUT2D eigenvalue weighted by atomic mass is 10.0. The molecule has 0 saturated heterocycles. The number of hydrogen-bond acceptors (Lipinski definition) is 5. The topological polar surface area (TPSA) is 103 Å². The molecule has 0 unspecified atom stereocenters. The number of hydrogen-bond donors (Lipinski definition) is 1. The van der Waals surface area contributed by atoms with Crippen molar-refractivity contribution in [2.45, 2.75) is 124 Å². The van der Waals surface area contributed by atoms with Crippen LogP contribution in [0.2, 0.25) is 0 Å². The maximum atomic E-state index is 11.8. The fraction of sp³-hybridized carbons (Fsp3) is 0.840. The Kier molecular flexibility index (Phi) is 20.5. The quantitative estimate of drug-likeness (QED) is 0.107. The second-order valence-electron chi connectivity index (χ2n) is 9.13. The summed E-state index contributed by atoms with van der Waals surface area (Å²) in [6.45, 7) is 6.78. The molecule has 33 heavy (non-hydrogen) atoms. The van der Waals surface area contributed by atoms with Crippen LogP contribution in [0.5, 0.6) is 0 Å². The Bertz CT molecular complexity index is 660. The van der Waals surface area contributed by atoms with Gasteiger partial charge in [0.15, 0.2) is 0 Å². The minimum absolute atomic E-state index is 0.0914. The lowest BCUT2D eigenvalue weighted by Crippen LogP contribution is -2.31. The second-order valence-corrected chi connectivity index (χ2v) is 10.2. The highest BCUT2D eigenvalue weighted by Gasteiger charge is 2.05. The number of aromatic amines is 1. The van der Waals surface area contributed by atoms with Gasteiger partial charge in [0, 0.05) is 12.8 Å². The average Bonchev–Trinajstić information content (AvgIpc) is 3.25. The highest BCUT2D eigenvalue weighted by Crippen LogP contribution is 2.14. The van der Waals surface area contributed by atoms with Crippen LogP contribution in [-0.2, 0) is 25.9 Å². The minimum atomic E-state index is -4.42. The molecule has 1 aromatic heterocycles. The van der Waals surface area contributed by atoms with E-state index in [1.54, 1.807) is 0 Å². The summed E-state index contributed by atoms with van der Waals surface area (Å²) >= 11 is 0. The summed E-state index contributed by atoms with van der Waals surface area (Å²) < 4.78 is 34.0. The van der Waals surface area contributed by atoms with E-state index in [4.69, 9.17) is 0 Å². The number of H-pyrrole nitrogens is 1. The highest BCUT2D eigenvalue weighted by atomic mass is 32.3. The standard InChI is InChI=1S/C23H42N2O.C2H6O4S/c1-22(2)15-13-11-9-7-5-3-4-6-8-10-12-14-16-23(26)17-19-25-20-18-24-21-25;1-2-6-7(3,4)5/h18,20-22H,3-17,19H2,1-2H3;2H2,1H3,(H,3,4,5). The molecule has 194 valence electrons. The van der Waals surface area contributed by atoms with Crippen LogP contribution in [0, 0.1) is 5.92 Å². The molecular formula is C25H48N2O5S. The van der Waals surface area contributed by atoms with Crippen LogP contribution in [0.25, 0.3) is 0 Å². The predicted octanol–water partition coefficient (Wildman–Crippen LogP) is 5.86. The molecule has 1 aromatic rings. The van der Waals surface area contributed by atoms with Gasteiger partial charge in [0.2, 0.25) is 16.7 Å². The Morgan fingerprint density at radius 2 is 1.42 bits per heavy atom. The van der Waals surface area contributed by atoms with Gasteiger partial charge < -0.3 is 4.55 Å². The van der Waals surface area contributed by atoms with Gasteiger partial charge >= 0.3 is 0 Å². The molecule has 1 rings (SSSR count). The average molecular weight is 489 g/mol. The molecule has 0 bridgehead atoms. The third kappa shape index (κ3) is 25.2. The largest absolute Gasteiger partial charge is 0.726 e. The molecule has 1 heterocycles. The van der Waals surface area contributed by atoms with E-state index in [0.29, 0.717) is 12.2 Å². The number of nitrogens with one attached hydrogen (secondary N) is 1.